The smallest absolute Gasteiger partial charge is 0.389 e. The molecule has 0 amide bonds. The van der Waals surface area contributed by atoms with Crippen LogP contribution < -0.4 is 11.1 Å². The van der Waals surface area contributed by atoms with Gasteiger partial charge in [0.1, 0.15) is 4.99 Å². The average molecular weight is 262 g/mol. The van der Waals surface area contributed by atoms with Gasteiger partial charge in [0.25, 0.3) is 0 Å². The molecular formula is C11H13F3N2S. The molecule has 1 rings (SSSR count). The van der Waals surface area contributed by atoms with Crippen LogP contribution in [0, 0.1) is 0 Å². The van der Waals surface area contributed by atoms with Crippen LogP contribution >= 0.6 is 12.2 Å². The van der Waals surface area contributed by atoms with Crippen LogP contribution in [-0.2, 0) is 6.18 Å². The Labute approximate surface area is 103 Å². The van der Waals surface area contributed by atoms with E-state index in [1.54, 1.807) is 0 Å². The molecule has 3 N–H and O–H groups in total. The molecule has 1 aromatic rings. The van der Waals surface area contributed by atoms with Crippen molar-refractivity contribution in [2.75, 3.05) is 5.32 Å². The lowest BCUT2D eigenvalue weighted by Gasteiger charge is -2.16. The molecule has 0 aromatic heterocycles. The molecule has 1 aromatic carbocycles. The number of nitrogens with two attached hydrogens (primary N) is 1. The third-order valence-electron chi connectivity index (χ3n) is 2.06. The maximum absolute atomic E-state index is 12.5. The lowest BCUT2D eigenvalue weighted by Crippen LogP contribution is -2.18. The summed E-state index contributed by atoms with van der Waals surface area (Å²) in [7, 11) is 0. The number of anilines is 1. The van der Waals surface area contributed by atoms with Gasteiger partial charge in [0.15, 0.2) is 0 Å². The summed E-state index contributed by atoms with van der Waals surface area (Å²) in [6.45, 7) is 3.75. The summed E-state index contributed by atoms with van der Waals surface area (Å²) in [6, 6.07) is 3.40. The number of benzene rings is 1. The molecule has 0 spiro atoms. The number of hydrogen-bond acceptors (Lipinski definition) is 2. The largest absolute Gasteiger partial charge is 0.416 e. The van der Waals surface area contributed by atoms with Gasteiger partial charge in [-0.2, -0.15) is 13.2 Å². The van der Waals surface area contributed by atoms with Gasteiger partial charge in [-0.25, -0.2) is 0 Å². The van der Waals surface area contributed by atoms with E-state index in [4.69, 9.17) is 18.0 Å². The summed E-state index contributed by atoms with van der Waals surface area (Å²) in [5, 5.41) is 3.00. The third-order valence-corrected chi connectivity index (χ3v) is 2.28. The first kappa shape index (κ1) is 13.8. The maximum Gasteiger partial charge on any atom is 0.416 e. The molecule has 0 aliphatic rings. The van der Waals surface area contributed by atoms with Crippen LogP contribution in [0.25, 0.3) is 0 Å². The fraction of sp³-hybridized carbons (Fsp3) is 0.364. The second-order valence-corrected chi connectivity index (χ2v) is 4.36. The van der Waals surface area contributed by atoms with Gasteiger partial charge in [-0.3, -0.25) is 0 Å². The predicted molar refractivity (Wildman–Crippen MR) is 66.1 cm³/mol. The molecule has 0 radical (unpaired) electrons. The van der Waals surface area contributed by atoms with Gasteiger partial charge in [0, 0.05) is 17.3 Å². The first-order chi connectivity index (χ1) is 7.71. The molecule has 94 valence electrons. The zero-order valence-corrected chi connectivity index (χ0v) is 10.2. The van der Waals surface area contributed by atoms with Crippen LogP contribution in [0.4, 0.5) is 18.9 Å². The quantitative estimate of drug-likeness (QED) is 0.822. The van der Waals surface area contributed by atoms with E-state index in [0.29, 0.717) is 5.69 Å². The minimum atomic E-state index is -4.39. The van der Waals surface area contributed by atoms with Crippen molar-refractivity contribution >= 4 is 22.9 Å². The van der Waals surface area contributed by atoms with Crippen LogP contribution in [-0.4, -0.2) is 11.0 Å². The zero-order valence-electron chi connectivity index (χ0n) is 9.43. The van der Waals surface area contributed by atoms with Crippen molar-refractivity contribution < 1.29 is 13.2 Å². The summed E-state index contributed by atoms with van der Waals surface area (Å²) < 4.78 is 37.6. The summed E-state index contributed by atoms with van der Waals surface area (Å²) >= 11 is 4.76. The summed E-state index contributed by atoms with van der Waals surface area (Å²) in [5.74, 6) is 0. The highest BCUT2D eigenvalue weighted by Gasteiger charge is 2.31. The van der Waals surface area contributed by atoms with Crippen LogP contribution in [0.3, 0.4) is 0 Å². The highest BCUT2D eigenvalue weighted by Crippen LogP contribution is 2.32. The minimum absolute atomic E-state index is 0.0562. The Morgan fingerprint density at radius 2 is 1.94 bits per heavy atom. The van der Waals surface area contributed by atoms with Crippen molar-refractivity contribution in [1.29, 1.82) is 0 Å². The lowest BCUT2D eigenvalue weighted by molar-refractivity contribution is -0.137. The molecular weight excluding hydrogens is 249 g/mol. The molecule has 0 fully saturated rings. The van der Waals surface area contributed by atoms with Crippen molar-refractivity contribution in [1.82, 2.24) is 0 Å². The summed E-state index contributed by atoms with van der Waals surface area (Å²) in [4.78, 5) is -0.0562. The summed E-state index contributed by atoms with van der Waals surface area (Å²) in [6.07, 6.45) is -4.39. The van der Waals surface area contributed by atoms with E-state index < -0.39 is 11.7 Å². The maximum atomic E-state index is 12.5. The van der Waals surface area contributed by atoms with Gasteiger partial charge in [-0.1, -0.05) is 12.2 Å². The number of rotatable bonds is 3. The molecule has 0 heterocycles. The molecule has 0 saturated carbocycles. The number of thiocarbonyl (C=S) groups is 1. The van der Waals surface area contributed by atoms with E-state index in [9.17, 15) is 13.2 Å². The van der Waals surface area contributed by atoms with Gasteiger partial charge < -0.3 is 11.1 Å². The minimum Gasteiger partial charge on any atom is -0.389 e. The highest BCUT2D eigenvalue weighted by molar-refractivity contribution is 7.80. The summed E-state index contributed by atoms with van der Waals surface area (Å²) in [5.41, 5.74) is 5.40. The van der Waals surface area contributed by atoms with Crippen molar-refractivity contribution in [3.63, 3.8) is 0 Å². The lowest BCUT2D eigenvalue weighted by atomic mass is 10.1. The number of halogens is 3. The van der Waals surface area contributed by atoms with E-state index in [1.807, 2.05) is 13.8 Å². The third kappa shape index (κ3) is 3.59. The second-order valence-electron chi connectivity index (χ2n) is 3.92. The molecule has 0 unspecified atom stereocenters. The number of hydrogen-bond donors (Lipinski definition) is 2. The van der Waals surface area contributed by atoms with Crippen molar-refractivity contribution in [3.8, 4) is 0 Å². The molecule has 0 aliphatic carbocycles. The number of nitrogens with one attached hydrogen (secondary N) is 1. The normalized spacial score (nSPS) is 11.6. The Morgan fingerprint density at radius 3 is 2.35 bits per heavy atom. The predicted octanol–water partition coefficient (Wildman–Crippen LogP) is 3.16. The second kappa shape index (κ2) is 4.91. The van der Waals surface area contributed by atoms with E-state index >= 15 is 0 Å². The van der Waals surface area contributed by atoms with Crippen LogP contribution in [0.5, 0.6) is 0 Å². The molecule has 0 saturated heterocycles. The van der Waals surface area contributed by atoms with Gasteiger partial charge in [0.2, 0.25) is 0 Å². The fourth-order valence-corrected chi connectivity index (χ4v) is 1.53. The average Bonchev–Trinajstić information content (AvgIpc) is 2.15. The van der Waals surface area contributed by atoms with Gasteiger partial charge >= 0.3 is 6.18 Å². The van der Waals surface area contributed by atoms with E-state index in [2.05, 4.69) is 5.32 Å². The Morgan fingerprint density at radius 1 is 1.35 bits per heavy atom. The first-order valence-corrected chi connectivity index (χ1v) is 5.40. The van der Waals surface area contributed by atoms with Crippen molar-refractivity contribution in [2.24, 2.45) is 5.73 Å². The van der Waals surface area contributed by atoms with E-state index in [-0.39, 0.29) is 16.6 Å². The monoisotopic (exact) mass is 262 g/mol. The molecule has 17 heavy (non-hydrogen) atoms. The molecule has 0 aliphatic heterocycles. The van der Waals surface area contributed by atoms with Gasteiger partial charge in [0.05, 0.1) is 5.56 Å². The topological polar surface area (TPSA) is 38.0 Å². The molecule has 0 atom stereocenters. The Hall–Kier alpha value is -1.30. The van der Waals surface area contributed by atoms with Crippen LogP contribution in [0.15, 0.2) is 18.2 Å². The van der Waals surface area contributed by atoms with Crippen molar-refractivity contribution in [2.45, 2.75) is 26.1 Å². The van der Waals surface area contributed by atoms with Crippen molar-refractivity contribution in [3.05, 3.63) is 29.3 Å². The first-order valence-electron chi connectivity index (χ1n) is 4.99. The Balaban J connectivity index is 3.22. The highest BCUT2D eigenvalue weighted by atomic mass is 32.1. The van der Waals surface area contributed by atoms with Crippen LogP contribution in [0.1, 0.15) is 25.0 Å². The van der Waals surface area contributed by atoms with E-state index in [0.717, 1.165) is 12.1 Å². The van der Waals surface area contributed by atoms with Gasteiger partial charge in [-0.05, 0) is 32.0 Å². The van der Waals surface area contributed by atoms with Crippen LogP contribution in [0.2, 0.25) is 0 Å². The van der Waals surface area contributed by atoms with Gasteiger partial charge in [-0.15, -0.1) is 0 Å². The van der Waals surface area contributed by atoms with E-state index in [1.165, 1.54) is 6.07 Å². The Bertz CT molecular complexity index is 427. The number of alkyl halides is 3. The molecule has 0 bridgehead atoms. The SMILES string of the molecule is CC(C)Nc1ccc(C(F)(F)F)cc1C(N)=S. The molecule has 2 nitrogen and oxygen atoms in total. The fourth-order valence-electron chi connectivity index (χ4n) is 1.36. The Kier molecular flexibility index (Phi) is 3.98. The zero-order chi connectivity index (χ0) is 13.2. The standard InChI is InChI=1S/C11H13F3N2S/c1-6(2)16-9-4-3-7(11(12,13)14)5-8(9)10(15)17/h3-6,16H,1-2H3,(H2,15,17). The molecule has 6 heteroatoms.